The van der Waals surface area contributed by atoms with E-state index in [9.17, 15) is 0 Å². The molecule has 0 N–H and O–H groups in total. The van der Waals surface area contributed by atoms with E-state index in [0.29, 0.717) is 6.61 Å². The van der Waals surface area contributed by atoms with Crippen LogP contribution in [0.1, 0.15) is 11.1 Å². The summed E-state index contributed by atoms with van der Waals surface area (Å²) in [5.74, 6) is 1.93. The van der Waals surface area contributed by atoms with E-state index in [4.69, 9.17) is 16.3 Å². The molecule has 0 saturated heterocycles. The first-order chi connectivity index (χ1) is 9.81. The van der Waals surface area contributed by atoms with Crippen molar-refractivity contribution in [3.05, 3.63) is 64.7 Å². The Morgan fingerprint density at radius 3 is 2.85 bits per heavy atom. The maximum atomic E-state index is 5.96. The topological polar surface area (TPSA) is 21.6 Å². The monoisotopic (exact) mass is 303 g/mol. The molecule has 2 aromatic rings. The molecule has 1 aliphatic heterocycles. The Balaban J connectivity index is 1.70. The van der Waals surface area contributed by atoms with Crippen LogP contribution in [0.4, 0.5) is 0 Å². The minimum Gasteiger partial charge on any atom is -0.489 e. The SMILES string of the molecule is Clc1cccc(COc2cccc(C3=NCCS3)c2)c1. The molecule has 3 rings (SSSR count). The molecule has 0 fully saturated rings. The average Bonchev–Trinajstić information content (AvgIpc) is 3.00. The molecule has 20 heavy (non-hydrogen) atoms. The Hall–Kier alpha value is -1.45. The van der Waals surface area contributed by atoms with E-state index >= 15 is 0 Å². The highest BCUT2D eigenvalue weighted by Gasteiger charge is 2.10. The van der Waals surface area contributed by atoms with Gasteiger partial charge in [0, 0.05) is 22.9 Å². The number of rotatable bonds is 4. The van der Waals surface area contributed by atoms with E-state index in [1.54, 1.807) is 11.8 Å². The van der Waals surface area contributed by atoms with Crippen molar-refractivity contribution in [2.75, 3.05) is 12.3 Å². The van der Waals surface area contributed by atoms with Gasteiger partial charge in [0.2, 0.25) is 0 Å². The first kappa shape index (κ1) is 13.5. The van der Waals surface area contributed by atoms with E-state index in [2.05, 4.69) is 11.1 Å². The Bertz CT molecular complexity index is 642. The fourth-order valence-electron chi connectivity index (χ4n) is 2.02. The van der Waals surface area contributed by atoms with Gasteiger partial charge in [0.25, 0.3) is 0 Å². The Morgan fingerprint density at radius 2 is 2.05 bits per heavy atom. The zero-order valence-corrected chi connectivity index (χ0v) is 12.5. The number of ether oxygens (including phenoxy) is 1. The van der Waals surface area contributed by atoms with Crippen LogP contribution < -0.4 is 4.74 Å². The molecule has 0 amide bonds. The van der Waals surface area contributed by atoms with Crippen LogP contribution >= 0.6 is 23.4 Å². The third-order valence-corrected chi connectivity index (χ3v) is 4.22. The summed E-state index contributed by atoms with van der Waals surface area (Å²) in [6, 6.07) is 15.8. The van der Waals surface area contributed by atoms with Gasteiger partial charge >= 0.3 is 0 Å². The van der Waals surface area contributed by atoms with Crippen LogP contribution in [0.3, 0.4) is 0 Å². The minimum absolute atomic E-state index is 0.517. The largest absolute Gasteiger partial charge is 0.489 e. The zero-order chi connectivity index (χ0) is 13.8. The highest BCUT2D eigenvalue weighted by molar-refractivity contribution is 8.14. The number of benzene rings is 2. The smallest absolute Gasteiger partial charge is 0.120 e. The molecule has 4 heteroatoms. The fourth-order valence-corrected chi connectivity index (χ4v) is 3.09. The van der Waals surface area contributed by atoms with Crippen LogP contribution in [0.25, 0.3) is 0 Å². The standard InChI is InChI=1S/C16H14ClNOS/c17-14-5-1-3-12(9-14)11-19-15-6-2-4-13(10-15)16-18-7-8-20-16/h1-6,9-10H,7-8,11H2. The van der Waals surface area contributed by atoms with Gasteiger partial charge in [0.15, 0.2) is 0 Å². The van der Waals surface area contributed by atoms with Crippen LogP contribution in [-0.4, -0.2) is 17.3 Å². The molecule has 2 aromatic carbocycles. The van der Waals surface area contributed by atoms with Gasteiger partial charge in [-0.15, -0.1) is 11.8 Å². The van der Waals surface area contributed by atoms with Gasteiger partial charge in [-0.3, -0.25) is 4.99 Å². The van der Waals surface area contributed by atoms with E-state index in [1.807, 2.05) is 42.5 Å². The van der Waals surface area contributed by atoms with Gasteiger partial charge in [-0.1, -0.05) is 35.9 Å². The lowest BCUT2D eigenvalue weighted by molar-refractivity contribution is 0.306. The van der Waals surface area contributed by atoms with Crippen molar-refractivity contribution in [3.8, 4) is 5.75 Å². The molecular formula is C16H14ClNOS. The summed E-state index contributed by atoms with van der Waals surface area (Å²) in [5.41, 5.74) is 2.20. The maximum absolute atomic E-state index is 5.96. The quantitative estimate of drug-likeness (QED) is 0.834. The summed E-state index contributed by atoms with van der Waals surface area (Å²) in [6.07, 6.45) is 0. The van der Waals surface area contributed by atoms with Gasteiger partial charge in [-0.25, -0.2) is 0 Å². The molecule has 0 unspecified atom stereocenters. The Kier molecular flexibility index (Phi) is 4.28. The third kappa shape index (κ3) is 3.35. The van der Waals surface area contributed by atoms with E-state index in [1.165, 1.54) is 0 Å². The van der Waals surface area contributed by atoms with Crippen molar-refractivity contribution in [1.29, 1.82) is 0 Å². The van der Waals surface area contributed by atoms with Crippen LogP contribution in [-0.2, 0) is 6.61 Å². The van der Waals surface area contributed by atoms with Crippen molar-refractivity contribution < 1.29 is 4.74 Å². The van der Waals surface area contributed by atoms with Crippen molar-refractivity contribution >= 4 is 28.4 Å². The summed E-state index contributed by atoms with van der Waals surface area (Å²) in [4.78, 5) is 4.48. The summed E-state index contributed by atoms with van der Waals surface area (Å²) >= 11 is 7.76. The van der Waals surface area contributed by atoms with Crippen molar-refractivity contribution in [1.82, 2.24) is 0 Å². The van der Waals surface area contributed by atoms with E-state index in [0.717, 1.165) is 39.2 Å². The Morgan fingerprint density at radius 1 is 1.15 bits per heavy atom. The van der Waals surface area contributed by atoms with Crippen LogP contribution in [0.2, 0.25) is 5.02 Å². The van der Waals surface area contributed by atoms with Gasteiger partial charge in [0.05, 0.1) is 5.04 Å². The van der Waals surface area contributed by atoms with Crippen molar-refractivity contribution in [3.63, 3.8) is 0 Å². The van der Waals surface area contributed by atoms with Crippen molar-refractivity contribution in [2.45, 2.75) is 6.61 Å². The molecule has 0 atom stereocenters. The molecule has 0 aromatic heterocycles. The second-order valence-corrected chi connectivity index (χ2v) is 6.00. The van der Waals surface area contributed by atoms with Gasteiger partial charge in [-0.2, -0.15) is 0 Å². The molecular weight excluding hydrogens is 290 g/mol. The molecule has 0 spiro atoms. The first-order valence-corrected chi connectivity index (χ1v) is 7.82. The van der Waals surface area contributed by atoms with Gasteiger partial charge < -0.3 is 4.74 Å². The summed E-state index contributed by atoms with van der Waals surface area (Å²) in [6.45, 7) is 1.43. The number of hydrogen-bond acceptors (Lipinski definition) is 3. The summed E-state index contributed by atoms with van der Waals surface area (Å²) in [5, 5.41) is 1.84. The molecule has 0 aliphatic carbocycles. The molecule has 0 saturated carbocycles. The minimum atomic E-state index is 0.517. The summed E-state index contributed by atoms with van der Waals surface area (Å²) < 4.78 is 5.82. The maximum Gasteiger partial charge on any atom is 0.120 e. The van der Waals surface area contributed by atoms with Crippen LogP contribution in [0.5, 0.6) is 5.75 Å². The normalized spacial score (nSPS) is 14.2. The molecule has 2 nitrogen and oxygen atoms in total. The number of nitrogens with zero attached hydrogens (tertiary/aromatic N) is 1. The molecule has 0 radical (unpaired) electrons. The molecule has 1 heterocycles. The lowest BCUT2D eigenvalue weighted by Crippen LogP contribution is -1.97. The number of thioether (sulfide) groups is 1. The van der Waals surface area contributed by atoms with Crippen molar-refractivity contribution in [2.24, 2.45) is 4.99 Å². The predicted octanol–water partition coefficient (Wildman–Crippen LogP) is 4.41. The first-order valence-electron chi connectivity index (χ1n) is 6.46. The highest BCUT2D eigenvalue weighted by Crippen LogP contribution is 2.23. The lowest BCUT2D eigenvalue weighted by atomic mass is 10.2. The lowest BCUT2D eigenvalue weighted by Gasteiger charge is -2.08. The van der Waals surface area contributed by atoms with Gasteiger partial charge in [-0.05, 0) is 29.8 Å². The number of hydrogen-bond donors (Lipinski definition) is 0. The number of aliphatic imine (C=N–C) groups is 1. The molecule has 0 bridgehead atoms. The molecule has 102 valence electrons. The average molecular weight is 304 g/mol. The summed E-state index contributed by atoms with van der Waals surface area (Å²) in [7, 11) is 0. The fraction of sp³-hybridized carbons (Fsp3) is 0.188. The second kappa shape index (κ2) is 6.33. The molecule has 1 aliphatic rings. The van der Waals surface area contributed by atoms with Crippen LogP contribution in [0.15, 0.2) is 53.5 Å². The Labute approximate surface area is 127 Å². The van der Waals surface area contributed by atoms with Crippen LogP contribution in [0, 0.1) is 0 Å². The third-order valence-electron chi connectivity index (χ3n) is 2.96. The zero-order valence-electron chi connectivity index (χ0n) is 10.9. The van der Waals surface area contributed by atoms with E-state index in [-0.39, 0.29) is 0 Å². The highest BCUT2D eigenvalue weighted by atomic mass is 35.5. The predicted molar refractivity (Wildman–Crippen MR) is 86.1 cm³/mol. The van der Waals surface area contributed by atoms with Gasteiger partial charge in [0.1, 0.15) is 12.4 Å². The number of halogens is 1. The second-order valence-electron chi connectivity index (χ2n) is 4.48. The van der Waals surface area contributed by atoms with E-state index < -0.39 is 0 Å².